The summed E-state index contributed by atoms with van der Waals surface area (Å²) in [5.74, 6) is 1.41. The number of hydrogen-bond acceptors (Lipinski definition) is 7. The van der Waals surface area contributed by atoms with Crippen molar-refractivity contribution >= 4 is 35.3 Å². The molecule has 0 aliphatic carbocycles. The van der Waals surface area contributed by atoms with Gasteiger partial charge in [-0.15, -0.1) is 16.8 Å². The maximum absolute atomic E-state index is 12.0. The number of aromatic nitrogens is 3. The molecule has 3 amide bonds. The summed E-state index contributed by atoms with van der Waals surface area (Å²) >= 11 is 7.05. The first-order chi connectivity index (χ1) is 15.0. The van der Waals surface area contributed by atoms with E-state index in [1.807, 2.05) is 6.07 Å². The second-order valence-electron chi connectivity index (χ2n) is 6.14. The first-order valence-corrected chi connectivity index (χ1v) is 10.6. The molecule has 2 N–H and O–H groups in total. The van der Waals surface area contributed by atoms with Crippen LogP contribution in [0.5, 0.6) is 5.75 Å². The van der Waals surface area contributed by atoms with Gasteiger partial charge in [-0.05, 0) is 36.4 Å². The number of thioether (sulfide) groups is 1. The molecule has 2 heterocycles. The van der Waals surface area contributed by atoms with Gasteiger partial charge in [0.2, 0.25) is 5.91 Å². The van der Waals surface area contributed by atoms with E-state index in [0.29, 0.717) is 34.1 Å². The van der Waals surface area contributed by atoms with E-state index in [0.717, 1.165) is 11.8 Å². The third-order valence-corrected chi connectivity index (χ3v) is 5.08. The van der Waals surface area contributed by atoms with E-state index in [9.17, 15) is 9.59 Å². The molecule has 0 saturated heterocycles. The number of nitrogens with one attached hydrogen (secondary N) is 2. The Morgan fingerprint density at radius 3 is 2.77 bits per heavy atom. The van der Waals surface area contributed by atoms with Crippen molar-refractivity contribution in [2.75, 3.05) is 12.3 Å². The Balaban J connectivity index is 1.66. The summed E-state index contributed by atoms with van der Waals surface area (Å²) in [5.41, 5.74) is 0. The standard InChI is InChI=1S/C20H20ClN5O4S/c1-2-9-22-19(28)23-18(27)13-31-20-25-24-17(26(20)11-16-4-3-10-29-16)12-30-15-7-5-14(21)6-8-15/h2-8,10H,1,9,11-13H2,(H2,22,23,27,28). The fraction of sp³-hybridized carbons (Fsp3) is 0.200. The molecule has 0 unspecified atom stereocenters. The van der Waals surface area contributed by atoms with Crippen LogP contribution >= 0.6 is 23.4 Å². The molecule has 0 bridgehead atoms. The summed E-state index contributed by atoms with van der Waals surface area (Å²) < 4.78 is 13.0. The van der Waals surface area contributed by atoms with Crippen molar-refractivity contribution in [3.63, 3.8) is 0 Å². The zero-order valence-electron chi connectivity index (χ0n) is 16.4. The van der Waals surface area contributed by atoms with Crippen LogP contribution < -0.4 is 15.4 Å². The summed E-state index contributed by atoms with van der Waals surface area (Å²) in [6.07, 6.45) is 3.09. The Morgan fingerprint density at radius 2 is 2.06 bits per heavy atom. The second-order valence-corrected chi connectivity index (χ2v) is 7.52. The highest BCUT2D eigenvalue weighted by Gasteiger charge is 2.17. The number of halogens is 1. The molecule has 31 heavy (non-hydrogen) atoms. The van der Waals surface area contributed by atoms with Crippen molar-refractivity contribution in [2.45, 2.75) is 18.3 Å². The van der Waals surface area contributed by atoms with Crippen LogP contribution in [0.1, 0.15) is 11.6 Å². The Labute approximate surface area is 187 Å². The maximum atomic E-state index is 12.0. The van der Waals surface area contributed by atoms with Gasteiger partial charge in [-0.3, -0.25) is 14.7 Å². The Morgan fingerprint density at radius 1 is 1.26 bits per heavy atom. The summed E-state index contributed by atoms with van der Waals surface area (Å²) in [5, 5.41) is 14.2. The van der Waals surface area contributed by atoms with Crippen LogP contribution in [0.3, 0.4) is 0 Å². The Bertz CT molecular complexity index is 1020. The number of hydrogen-bond donors (Lipinski definition) is 2. The minimum absolute atomic E-state index is 0.0180. The normalized spacial score (nSPS) is 10.5. The molecular weight excluding hydrogens is 442 g/mol. The lowest BCUT2D eigenvalue weighted by atomic mass is 10.3. The summed E-state index contributed by atoms with van der Waals surface area (Å²) in [7, 11) is 0. The number of urea groups is 1. The second kappa shape index (κ2) is 11.2. The number of imide groups is 1. The predicted molar refractivity (Wildman–Crippen MR) is 116 cm³/mol. The van der Waals surface area contributed by atoms with Crippen LogP contribution in [0, 0.1) is 0 Å². The van der Waals surface area contributed by atoms with Gasteiger partial charge in [0.15, 0.2) is 11.0 Å². The molecule has 0 fully saturated rings. The molecule has 3 rings (SSSR count). The van der Waals surface area contributed by atoms with Crippen molar-refractivity contribution in [1.29, 1.82) is 0 Å². The number of nitrogens with zero attached hydrogens (tertiary/aromatic N) is 3. The van der Waals surface area contributed by atoms with Crippen LogP contribution in [-0.4, -0.2) is 39.0 Å². The molecule has 162 valence electrons. The monoisotopic (exact) mass is 461 g/mol. The van der Waals surface area contributed by atoms with E-state index in [1.54, 1.807) is 41.2 Å². The van der Waals surface area contributed by atoms with Gasteiger partial charge in [-0.25, -0.2) is 4.79 Å². The number of ether oxygens (including phenoxy) is 1. The molecule has 0 radical (unpaired) electrons. The van der Waals surface area contributed by atoms with Gasteiger partial charge in [-0.2, -0.15) is 0 Å². The minimum Gasteiger partial charge on any atom is -0.486 e. The number of amides is 3. The fourth-order valence-electron chi connectivity index (χ4n) is 2.43. The van der Waals surface area contributed by atoms with Crippen molar-refractivity contribution in [3.05, 3.63) is 71.9 Å². The van der Waals surface area contributed by atoms with Gasteiger partial charge in [0, 0.05) is 11.6 Å². The number of rotatable bonds is 10. The molecule has 0 atom stereocenters. The van der Waals surface area contributed by atoms with E-state index >= 15 is 0 Å². The minimum atomic E-state index is -0.584. The molecule has 3 aromatic rings. The summed E-state index contributed by atoms with van der Waals surface area (Å²) in [6.45, 7) is 4.28. The molecule has 0 aliphatic heterocycles. The SMILES string of the molecule is C=CCNC(=O)NC(=O)CSc1nnc(COc2ccc(Cl)cc2)n1Cc1ccco1. The lowest BCUT2D eigenvalue weighted by molar-refractivity contribution is -0.117. The molecule has 0 saturated carbocycles. The lowest BCUT2D eigenvalue weighted by Gasteiger charge is -2.10. The van der Waals surface area contributed by atoms with Crippen LogP contribution in [0.15, 0.2) is 64.9 Å². The topological polar surface area (TPSA) is 111 Å². The van der Waals surface area contributed by atoms with Gasteiger partial charge in [-0.1, -0.05) is 29.4 Å². The summed E-state index contributed by atoms with van der Waals surface area (Å²) in [4.78, 5) is 23.6. The highest BCUT2D eigenvalue weighted by molar-refractivity contribution is 7.99. The fourth-order valence-corrected chi connectivity index (χ4v) is 3.31. The molecule has 0 aliphatic rings. The van der Waals surface area contributed by atoms with Gasteiger partial charge in [0.05, 0.1) is 18.6 Å². The zero-order valence-corrected chi connectivity index (χ0v) is 18.0. The number of benzene rings is 1. The Hall–Kier alpha value is -3.24. The number of carbonyl (C=O) groups excluding carboxylic acids is 2. The molecular formula is C20H20ClN5O4S. The van der Waals surface area contributed by atoms with E-state index in [2.05, 4.69) is 27.4 Å². The number of carbonyl (C=O) groups is 2. The van der Waals surface area contributed by atoms with Gasteiger partial charge in [0.1, 0.15) is 18.1 Å². The molecule has 2 aromatic heterocycles. The Kier molecular flexibility index (Phi) is 8.13. The van der Waals surface area contributed by atoms with Gasteiger partial charge < -0.3 is 14.5 Å². The van der Waals surface area contributed by atoms with Gasteiger partial charge >= 0.3 is 6.03 Å². The highest BCUT2D eigenvalue weighted by Crippen LogP contribution is 2.21. The van der Waals surface area contributed by atoms with Crippen LogP contribution in [0.25, 0.3) is 0 Å². The zero-order chi connectivity index (χ0) is 22.1. The number of furan rings is 1. The smallest absolute Gasteiger partial charge is 0.321 e. The van der Waals surface area contributed by atoms with Crippen molar-refractivity contribution < 1.29 is 18.7 Å². The molecule has 0 spiro atoms. The summed E-state index contributed by atoms with van der Waals surface area (Å²) in [6, 6.07) is 10.0. The van der Waals surface area contributed by atoms with Crippen molar-refractivity contribution in [2.24, 2.45) is 0 Å². The van der Waals surface area contributed by atoms with E-state index in [-0.39, 0.29) is 18.9 Å². The van der Waals surface area contributed by atoms with Gasteiger partial charge in [0.25, 0.3) is 0 Å². The quantitative estimate of drug-likeness (QED) is 0.352. The van der Waals surface area contributed by atoms with Crippen LogP contribution in [0.2, 0.25) is 5.02 Å². The average Bonchev–Trinajstić information content (AvgIpc) is 3.41. The highest BCUT2D eigenvalue weighted by atomic mass is 35.5. The van der Waals surface area contributed by atoms with E-state index in [1.165, 1.54) is 6.08 Å². The average molecular weight is 462 g/mol. The molecule has 9 nitrogen and oxygen atoms in total. The van der Waals surface area contributed by atoms with Crippen molar-refractivity contribution in [1.82, 2.24) is 25.4 Å². The van der Waals surface area contributed by atoms with Crippen molar-refractivity contribution in [3.8, 4) is 5.75 Å². The largest absolute Gasteiger partial charge is 0.486 e. The third-order valence-electron chi connectivity index (χ3n) is 3.86. The third kappa shape index (κ3) is 6.90. The lowest BCUT2D eigenvalue weighted by Crippen LogP contribution is -2.40. The maximum Gasteiger partial charge on any atom is 0.321 e. The first kappa shape index (κ1) is 22.4. The van der Waals surface area contributed by atoms with E-state index < -0.39 is 11.9 Å². The predicted octanol–water partition coefficient (Wildman–Crippen LogP) is 3.26. The van der Waals surface area contributed by atoms with Crippen LogP contribution in [-0.2, 0) is 17.9 Å². The van der Waals surface area contributed by atoms with Crippen LogP contribution in [0.4, 0.5) is 4.79 Å². The van der Waals surface area contributed by atoms with E-state index in [4.69, 9.17) is 20.8 Å². The molecule has 11 heteroatoms. The first-order valence-electron chi connectivity index (χ1n) is 9.19. The molecule has 1 aromatic carbocycles.